The van der Waals surface area contributed by atoms with Crippen LogP contribution >= 0.6 is 0 Å². The van der Waals surface area contributed by atoms with E-state index in [0.29, 0.717) is 19.3 Å². The van der Waals surface area contributed by atoms with Crippen LogP contribution in [0.25, 0.3) is 0 Å². The first kappa shape index (κ1) is 18.6. The van der Waals surface area contributed by atoms with Gasteiger partial charge in [-0.25, -0.2) is 13.1 Å². The molecule has 0 amide bonds. The molecule has 138 valence electrons. The number of aliphatic carboxylic acids is 1. The third-order valence-corrected chi connectivity index (χ3v) is 6.25. The van der Waals surface area contributed by atoms with Crippen LogP contribution in [0.1, 0.15) is 35.1 Å². The van der Waals surface area contributed by atoms with Crippen LogP contribution in [-0.2, 0) is 34.1 Å². The molecular weight excluding hydrogens is 350 g/mol. The van der Waals surface area contributed by atoms with Crippen LogP contribution in [-0.4, -0.2) is 25.5 Å². The predicted octanol–water partition coefficient (Wildman–Crippen LogP) is 2.85. The molecule has 0 radical (unpaired) electrons. The van der Waals surface area contributed by atoms with Gasteiger partial charge >= 0.3 is 5.97 Å². The highest BCUT2D eigenvalue weighted by Gasteiger charge is 2.26. The third-order valence-electron chi connectivity index (χ3n) is 4.71. The van der Waals surface area contributed by atoms with Gasteiger partial charge in [-0.2, -0.15) is 0 Å². The Labute approximate surface area is 154 Å². The van der Waals surface area contributed by atoms with E-state index in [4.69, 9.17) is 5.11 Å². The molecule has 0 fully saturated rings. The Morgan fingerprint density at radius 1 is 1.12 bits per heavy atom. The molecule has 2 aromatic carbocycles. The summed E-state index contributed by atoms with van der Waals surface area (Å²) in [7, 11) is -3.53. The Kier molecular flexibility index (Phi) is 5.44. The molecule has 0 aliphatic heterocycles. The van der Waals surface area contributed by atoms with Crippen LogP contribution in [0.4, 0.5) is 0 Å². The summed E-state index contributed by atoms with van der Waals surface area (Å²) >= 11 is 0. The van der Waals surface area contributed by atoms with Gasteiger partial charge in [0.1, 0.15) is 0 Å². The summed E-state index contributed by atoms with van der Waals surface area (Å²) in [4.78, 5) is 10.9. The average molecular weight is 373 g/mol. The van der Waals surface area contributed by atoms with Gasteiger partial charge in [0.15, 0.2) is 0 Å². The van der Waals surface area contributed by atoms with Gasteiger partial charge in [-0.15, -0.1) is 0 Å². The zero-order chi connectivity index (χ0) is 18.7. The van der Waals surface area contributed by atoms with Gasteiger partial charge in [0.05, 0.1) is 4.90 Å². The van der Waals surface area contributed by atoms with Crippen molar-refractivity contribution in [3.63, 3.8) is 0 Å². The molecule has 1 aliphatic rings. The van der Waals surface area contributed by atoms with Crippen molar-refractivity contribution in [2.45, 2.75) is 50.0 Å². The topological polar surface area (TPSA) is 83.5 Å². The van der Waals surface area contributed by atoms with E-state index in [0.717, 1.165) is 28.7 Å². The first-order valence-electron chi connectivity index (χ1n) is 8.75. The second-order valence-electron chi connectivity index (χ2n) is 6.89. The van der Waals surface area contributed by atoms with Gasteiger partial charge in [0.25, 0.3) is 0 Å². The maximum atomic E-state index is 12.6. The molecule has 0 bridgehead atoms. The minimum absolute atomic E-state index is 0.148. The van der Waals surface area contributed by atoms with Crippen LogP contribution in [0, 0.1) is 6.92 Å². The van der Waals surface area contributed by atoms with Crippen molar-refractivity contribution in [3.05, 3.63) is 64.7 Å². The van der Waals surface area contributed by atoms with E-state index >= 15 is 0 Å². The average Bonchev–Trinajstić information content (AvgIpc) is 2.95. The molecule has 6 heteroatoms. The molecule has 2 aromatic rings. The lowest BCUT2D eigenvalue weighted by Crippen LogP contribution is -2.35. The summed E-state index contributed by atoms with van der Waals surface area (Å²) in [5, 5.41) is 8.73. The number of carbonyl (C=O) groups is 1. The van der Waals surface area contributed by atoms with Crippen molar-refractivity contribution >= 4 is 16.0 Å². The Hall–Kier alpha value is -2.18. The summed E-state index contributed by atoms with van der Waals surface area (Å²) in [5.74, 6) is -0.781. The molecule has 1 unspecified atom stereocenters. The quantitative estimate of drug-likeness (QED) is 0.782. The molecule has 26 heavy (non-hydrogen) atoms. The predicted molar refractivity (Wildman–Crippen MR) is 99.7 cm³/mol. The van der Waals surface area contributed by atoms with Crippen molar-refractivity contribution in [1.82, 2.24) is 4.72 Å². The first-order chi connectivity index (χ1) is 12.3. The van der Waals surface area contributed by atoms with Crippen LogP contribution < -0.4 is 4.72 Å². The van der Waals surface area contributed by atoms with Gasteiger partial charge < -0.3 is 5.11 Å². The third kappa shape index (κ3) is 4.51. The normalized spacial score (nSPS) is 16.4. The number of aryl methyl sites for hydroxylation is 2. The van der Waals surface area contributed by atoms with Crippen molar-refractivity contribution in [1.29, 1.82) is 0 Å². The minimum atomic E-state index is -3.53. The summed E-state index contributed by atoms with van der Waals surface area (Å²) in [6.07, 6.45) is 2.83. The number of hydrogen-bond donors (Lipinski definition) is 2. The Morgan fingerprint density at radius 3 is 2.50 bits per heavy atom. The number of fused-ring (bicyclic) bond motifs is 1. The molecule has 1 atom stereocenters. The number of carboxylic acids is 1. The van der Waals surface area contributed by atoms with E-state index < -0.39 is 16.0 Å². The van der Waals surface area contributed by atoms with Crippen molar-refractivity contribution in [2.75, 3.05) is 0 Å². The van der Waals surface area contributed by atoms with E-state index in [-0.39, 0.29) is 17.4 Å². The second-order valence-corrected chi connectivity index (χ2v) is 8.60. The molecule has 0 saturated carbocycles. The lowest BCUT2D eigenvalue weighted by Gasteiger charge is -2.12. The van der Waals surface area contributed by atoms with E-state index in [2.05, 4.69) is 10.8 Å². The van der Waals surface area contributed by atoms with E-state index in [9.17, 15) is 13.2 Å². The standard InChI is InChI=1S/C20H23NO4S/c1-14-5-9-19(10-6-14)26(24,25)21-18-12-16-8-7-15(11-17(16)13-18)3-2-4-20(22)23/h5-11,18,21H,2-4,12-13H2,1H3,(H,22,23). The van der Waals surface area contributed by atoms with E-state index in [1.807, 2.05) is 19.1 Å². The fraction of sp³-hybridized carbons (Fsp3) is 0.350. The lowest BCUT2D eigenvalue weighted by molar-refractivity contribution is -0.137. The Balaban J connectivity index is 1.64. The summed E-state index contributed by atoms with van der Waals surface area (Å²) < 4.78 is 27.9. The maximum Gasteiger partial charge on any atom is 0.303 e. The van der Waals surface area contributed by atoms with Gasteiger partial charge in [0, 0.05) is 12.5 Å². The number of sulfonamides is 1. The van der Waals surface area contributed by atoms with Crippen LogP contribution in [0.3, 0.4) is 0 Å². The molecule has 0 saturated heterocycles. The summed E-state index contributed by atoms with van der Waals surface area (Å²) in [6.45, 7) is 1.92. The van der Waals surface area contributed by atoms with E-state index in [1.165, 1.54) is 0 Å². The van der Waals surface area contributed by atoms with Crippen molar-refractivity contribution in [3.8, 4) is 0 Å². The zero-order valence-electron chi connectivity index (χ0n) is 14.7. The van der Waals surface area contributed by atoms with Crippen LogP contribution in [0.2, 0.25) is 0 Å². The molecule has 0 spiro atoms. The highest BCUT2D eigenvalue weighted by molar-refractivity contribution is 7.89. The molecule has 1 aliphatic carbocycles. The summed E-state index contributed by atoms with van der Waals surface area (Å²) in [5.41, 5.74) is 4.43. The van der Waals surface area contributed by atoms with Crippen LogP contribution in [0.5, 0.6) is 0 Å². The fourth-order valence-corrected chi connectivity index (χ4v) is 4.59. The van der Waals surface area contributed by atoms with Crippen LogP contribution in [0.15, 0.2) is 47.4 Å². The molecular formula is C20H23NO4S. The molecule has 3 rings (SSSR count). The molecule has 0 heterocycles. The molecule has 0 aromatic heterocycles. The highest BCUT2D eigenvalue weighted by Crippen LogP contribution is 2.25. The SMILES string of the molecule is Cc1ccc(S(=O)(=O)NC2Cc3ccc(CCCC(=O)O)cc3C2)cc1. The first-order valence-corrected chi connectivity index (χ1v) is 10.2. The number of hydrogen-bond acceptors (Lipinski definition) is 3. The fourth-order valence-electron chi connectivity index (χ4n) is 3.36. The molecule has 5 nitrogen and oxygen atoms in total. The summed E-state index contributed by atoms with van der Waals surface area (Å²) in [6, 6.07) is 12.8. The molecule has 2 N–H and O–H groups in total. The van der Waals surface area contributed by atoms with Gasteiger partial charge in [-0.05, 0) is 61.4 Å². The smallest absolute Gasteiger partial charge is 0.303 e. The second kappa shape index (κ2) is 7.60. The number of nitrogens with one attached hydrogen (secondary N) is 1. The minimum Gasteiger partial charge on any atom is -0.481 e. The lowest BCUT2D eigenvalue weighted by atomic mass is 10.0. The Bertz CT molecular complexity index is 904. The van der Waals surface area contributed by atoms with Crippen molar-refractivity contribution < 1.29 is 18.3 Å². The monoisotopic (exact) mass is 373 g/mol. The number of benzene rings is 2. The van der Waals surface area contributed by atoms with E-state index in [1.54, 1.807) is 24.3 Å². The van der Waals surface area contributed by atoms with Crippen molar-refractivity contribution in [2.24, 2.45) is 0 Å². The highest BCUT2D eigenvalue weighted by atomic mass is 32.2. The number of carboxylic acid groups (broad SMARTS) is 1. The zero-order valence-corrected chi connectivity index (χ0v) is 15.6. The van der Waals surface area contributed by atoms with Gasteiger partial charge in [-0.1, -0.05) is 35.9 Å². The van der Waals surface area contributed by atoms with Gasteiger partial charge in [-0.3, -0.25) is 4.79 Å². The number of rotatable bonds is 7. The maximum absolute atomic E-state index is 12.6. The Morgan fingerprint density at radius 2 is 1.81 bits per heavy atom. The van der Waals surface area contributed by atoms with Gasteiger partial charge in [0.2, 0.25) is 10.0 Å². The largest absolute Gasteiger partial charge is 0.481 e.